The van der Waals surface area contributed by atoms with E-state index in [9.17, 15) is 48.3 Å². The molecule has 7 aromatic rings. The summed E-state index contributed by atoms with van der Waals surface area (Å²) >= 11 is 17.8. The summed E-state index contributed by atoms with van der Waals surface area (Å²) in [5, 5.41) is 1.44. The van der Waals surface area contributed by atoms with Gasteiger partial charge < -0.3 is 18.9 Å². The number of rotatable bonds is 5. The Labute approximate surface area is 593 Å². The molecule has 0 heterocycles. The standard InChI is InChI=1S/C13H20O.C12H15F3O.C12H18O.C11H12ClF3.C11H15ClO.C11H12F4.C10H12ClF/c1-6-14-11-7-8-12(10(2)9-11)13(3,4)5;1-11(2,3)9-6-5-8(16-4)7-10(9)12(13,14)15;1-9-8-10(13-5)6-7-11(9)12(2,3)4;1-10(2,3)8-5-4-7(6-9(8)12)11(13,14)15;1-11(2,3)9-6-5-8(13-4)7-10(9)12;1-10(2,3)8-5-4-7(12)6-9(8)11(13,14)15;1-10(2,3)9-7(11)5-4-6-8(9)12/h7-9H,6H2,1-5H3;5-7H,1-4H3;6-8H,1-5H3;4-6H,1-3H3;5-7H,1-4H3;4-6H,1-3H3;4-6H,1-3H3. The number of methoxy groups -OCH3 is 3. The average molecular weight is 1450 g/mol. The average Bonchev–Trinajstić information content (AvgIpc) is 0.807. The Hall–Kier alpha value is -6.16. The minimum absolute atomic E-state index is 0.0867. The molecule has 0 amide bonds. The first-order valence-corrected chi connectivity index (χ1v) is 33.0. The molecule has 7 rings (SSSR count). The maximum Gasteiger partial charge on any atom is 0.416 e. The smallest absolute Gasteiger partial charge is 0.416 e. The summed E-state index contributed by atoms with van der Waals surface area (Å²) in [7, 11) is 4.69. The zero-order valence-corrected chi connectivity index (χ0v) is 64.5. The van der Waals surface area contributed by atoms with Gasteiger partial charge in [-0.1, -0.05) is 223 Å². The fourth-order valence-electron chi connectivity index (χ4n) is 10.0. The highest BCUT2D eigenvalue weighted by molar-refractivity contribution is 6.32. The van der Waals surface area contributed by atoms with Gasteiger partial charge in [0.25, 0.3) is 0 Å². The summed E-state index contributed by atoms with van der Waals surface area (Å²) in [6.07, 6.45) is -13.2. The Morgan fingerprint density at radius 2 is 0.643 bits per heavy atom. The molecule has 98 heavy (non-hydrogen) atoms. The van der Waals surface area contributed by atoms with E-state index in [1.807, 2.05) is 72.7 Å². The largest absolute Gasteiger partial charge is 0.497 e. The third-order valence-corrected chi connectivity index (χ3v) is 15.7. The van der Waals surface area contributed by atoms with Gasteiger partial charge in [0, 0.05) is 20.6 Å². The summed E-state index contributed by atoms with van der Waals surface area (Å²) in [6, 6.07) is 33.5. The van der Waals surface area contributed by atoms with Gasteiger partial charge in [0.15, 0.2) is 0 Å². The molecular formula is C80H104Cl3F11O4. The molecule has 0 aliphatic heterocycles. The number of alkyl halides is 9. The number of aryl methyl sites for hydroxylation is 2. The van der Waals surface area contributed by atoms with Gasteiger partial charge in [-0.2, -0.15) is 39.5 Å². The molecule has 7 aromatic carbocycles. The molecule has 0 aliphatic rings. The Balaban J connectivity index is 0.000000573. The van der Waals surface area contributed by atoms with Crippen LogP contribution in [0.25, 0.3) is 0 Å². The summed E-state index contributed by atoms with van der Waals surface area (Å²) in [4.78, 5) is 0. The summed E-state index contributed by atoms with van der Waals surface area (Å²) in [5.74, 6) is 1.84. The molecule has 0 aromatic heterocycles. The van der Waals surface area contributed by atoms with E-state index in [0.29, 0.717) is 16.7 Å². The van der Waals surface area contributed by atoms with Crippen molar-refractivity contribution in [3.05, 3.63) is 221 Å². The first-order valence-electron chi connectivity index (χ1n) is 31.9. The van der Waals surface area contributed by atoms with E-state index in [1.165, 1.54) is 53.6 Å². The third kappa shape index (κ3) is 29.6. The van der Waals surface area contributed by atoms with Gasteiger partial charge in [-0.15, -0.1) is 0 Å². The SMILES string of the molecule is CC(C)(C)c1c(F)cccc1Cl.CC(C)(C)c1ccc(C(F)(F)F)cc1Cl.CC(C)(C)c1ccc(F)cc1C(F)(F)F.CCOc1ccc(C(C)(C)C)c(C)c1.COc1ccc(C(C)(C)C)c(C(F)(F)F)c1.COc1ccc(C(C)(C)C)c(C)c1.COc1ccc(C(C)(C)C)c(Cl)c1. The first-order chi connectivity index (χ1) is 44.2. The van der Waals surface area contributed by atoms with Crippen LogP contribution in [0.4, 0.5) is 48.3 Å². The molecule has 0 radical (unpaired) electrons. The van der Waals surface area contributed by atoms with Crippen LogP contribution in [0.3, 0.4) is 0 Å². The maximum absolute atomic E-state index is 13.3. The van der Waals surface area contributed by atoms with Crippen LogP contribution in [0.15, 0.2) is 127 Å². The van der Waals surface area contributed by atoms with Crippen LogP contribution < -0.4 is 18.9 Å². The third-order valence-electron chi connectivity index (χ3n) is 14.8. The summed E-state index contributed by atoms with van der Waals surface area (Å²) < 4.78 is 160. The topological polar surface area (TPSA) is 36.9 Å². The number of halogens is 14. The van der Waals surface area contributed by atoms with E-state index < -0.39 is 51.9 Å². The Morgan fingerprint density at radius 3 is 0.959 bits per heavy atom. The number of hydrogen-bond donors (Lipinski definition) is 0. The molecule has 0 saturated carbocycles. The lowest BCUT2D eigenvalue weighted by molar-refractivity contribution is -0.139. The highest BCUT2D eigenvalue weighted by atomic mass is 35.5. The van der Waals surface area contributed by atoms with Crippen LogP contribution in [-0.4, -0.2) is 27.9 Å². The van der Waals surface area contributed by atoms with E-state index in [-0.39, 0.29) is 54.8 Å². The van der Waals surface area contributed by atoms with Gasteiger partial charge in [0.05, 0.1) is 44.6 Å². The fourth-order valence-corrected chi connectivity index (χ4v) is 11.4. The normalized spacial score (nSPS) is 12.2. The van der Waals surface area contributed by atoms with Crippen LogP contribution in [0.2, 0.25) is 15.1 Å². The van der Waals surface area contributed by atoms with Crippen molar-refractivity contribution in [3.63, 3.8) is 0 Å². The van der Waals surface area contributed by atoms with Crippen molar-refractivity contribution in [3.8, 4) is 23.0 Å². The second kappa shape index (κ2) is 35.9. The second-order valence-corrected chi connectivity index (χ2v) is 31.8. The van der Waals surface area contributed by atoms with E-state index in [4.69, 9.17) is 53.8 Å². The molecule has 0 bridgehead atoms. The van der Waals surface area contributed by atoms with E-state index in [1.54, 1.807) is 74.0 Å². The first kappa shape index (κ1) is 89.9. The molecule has 546 valence electrons. The van der Waals surface area contributed by atoms with Crippen LogP contribution in [0.5, 0.6) is 23.0 Å². The lowest BCUT2D eigenvalue weighted by Crippen LogP contribution is -2.19. The van der Waals surface area contributed by atoms with Gasteiger partial charge in [0.2, 0.25) is 0 Å². The van der Waals surface area contributed by atoms with Gasteiger partial charge in [-0.3, -0.25) is 0 Å². The van der Waals surface area contributed by atoms with E-state index >= 15 is 0 Å². The molecule has 4 nitrogen and oxygen atoms in total. The molecule has 0 spiro atoms. The lowest BCUT2D eigenvalue weighted by atomic mass is 9.83. The highest BCUT2D eigenvalue weighted by Gasteiger charge is 2.38. The van der Waals surface area contributed by atoms with Crippen molar-refractivity contribution < 1.29 is 67.2 Å². The van der Waals surface area contributed by atoms with Crippen LogP contribution in [-0.2, 0) is 56.4 Å². The molecule has 0 saturated heterocycles. The molecule has 0 unspecified atom stereocenters. The fraction of sp³-hybridized carbons (Fsp3) is 0.475. The van der Waals surface area contributed by atoms with Crippen molar-refractivity contribution in [1.29, 1.82) is 0 Å². The zero-order chi connectivity index (χ0) is 76.5. The van der Waals surface area contributed by atoms with Gasteiger partial charge >= 0.3 is 18.5 Å². The summed E-state index contributed by atoms with van der Waals surface area (Å²) in [6.45, 7) is 48.6. The van der Waals surface area contributed by atoms with Gasteiger partial charge in [-0.05, 0) is 188 Å². The van der Waals surface area contributed by atoms with Crippen molar-refractivity contribution in [1.82, 2.24) is 0 Å². The van der Waals surface area contributed by atoms with E-state index in [0.717, 1.165) is 64.3 Å². The highest BCUT2D eigenvalue weighted by Crippen LogP contribution is 2.42. The predicted octanol–water partition coefficient (Wildman–Crippen LogP) is 27.2. The van der Waals surface area contributed by atoms with E-state index in [2.05, 4.69) is 106 Å². The van der Waals surface area contributed by atoms with Crippen molar-refractivity contribution in [2.24, 2.45) is 0 Å². The number of hydrogen-bond acceptors (Lipinski definition) is 4. The Kier molecular flexibility index (Phi) is 32.9. The van der Waals surface area contributed by atoms with Crippen LogP contribution in [0.1, 0.15) is 219 Å². The molecule has 0 N–H and O–H groups in total. The molecule has 0 aliphatic carbocycles. The van der Waals surface area contributed by atoms with Gasteiger partial charge in [-0.25, -0.2) is 8.78 Å². The lowest BCUT2D eigenvalue weighted by Gasteiger charge is -2.24. The minimum atomic E-state index is -4.51. The quantitative estimate of drug-likeness (QED) is 0.161. The van der Waals surface area contributed by atoms with Crippen molar-refractivity contribution >= 4 is 34.8 Å². The van der Waals surface area contributed by atoms with Gasteiger partial charge in [0.1, 0.15) is 34.6 Å². The minimum Gasteiger partial charge on any atom is -0.497 e. The van der Waals surface area contributed by atoms with Crippen molar-refractivity contribution in [2.75, 3.05) is 27.9 Å². The molecule has 0 fully saturated rings. The Bertz CT molecular complexity index is 3550. The summed E-state index contributed by atoms with van der Waals surface area (Å²) in [5.41, 5.74) is 4.84. The molecule has 18 heteroatoms. The van der Waals surface area contributed by atoms with Crippen LogP contribution >= 0.6 is 34.8 Å². The van der Waals surface area contributed by atoms with Crippen LogP contribution in [0, 0.1) is 25.5 Å². The predicted molar refractivity (Wildman–Crippen MR) is 386 cm³/mol. The second-order valence-electron chi connectivity index (χ2n) is 30.6. The zero-order valence-electron chi connectivity index (χ0n) is 62.3. The maximum atomic E-state index is 13.3. The number of benzene rings is 7. The number of ether oxygens (including phenoxy) is 4. The molecule has 0 atom stereocenters. The Morgan fingerprint density at radius 1 is 0.316 bits per heavy atom. The monoisotopic (exact) mass is 1440 g/mol. The molecular weight excluding hydrogens is 1340 g/mol. The van der Waals surface area contributed by atoms with Crippen molar-refractivity contribution in [2.45, 2.75) is 223 Å².